The van der Waals surface area contributed by atoms with Gasteiger partial charge in [-0.05, 0) is 81.8 Å². The van der Waals surface area contributed by atoms with Gasteiger partial charge in [0.15, 0.2) is 11.6 Å². The molecule has 0 aromatic heterocycles. The van der Waals surface area contributed by atoms with Gasteiger partial charge >= 0.3 is 12.1 Å². The molecular weight excluding hydrogens is 459 g/mol. The first-order valence-electron chi connectivity index (χ1n) is 8.04. The highest BCUT2D eigenvalue weighted by Gasteiger charge is 2.29. The highest BCUT2D eigenvalue weighted by molar-refractivity contribution is 14.1. The number of amides is 1. The van der Waals surface area contributed by atoms with Crippen molar-refractivity contribution in [2.45, 2.75) is 65.2 Å². The molecule has 5 nitrogen and oxygen atoms in total. The lowest BCUT2D eigenvalue weighted by molar-refractivity contribution is -0.157. The molecule has 0 bridgehead atoms. The second kappa shape index (κ2) is 8.49. The number of ether oxygens (including phenoxy) is 2. The monoisotopic (exact) mass is 483 g/mol. The van der Waals surface area contributed by atoms with Gasteiger partial charge in [-0.15, -0.1) is 0 Å². The Hall–Kier alpha value is -1.45. The highest BCUT2D eigenvalue weighted by Crippen LogP contribution is 2.20. The van der Waals surface area contributed by atoms with E-state index in [4.69, 9.17) is 9.47 Å². The summed E-state index contributed by atoms with van der Waals surface area (Å²) in [5.41, 5.74) is -1.15. The van der Waals surface area contributed by atoms with E-state index in [1.165, 1.54) is 0 Å². The number of rotatable bonds is 4. The van der Waals surface area contributed by atoms with Gasteiger partial charge in [0.05, 0.1) is 0 Å². The second-order valence-corrected chi connectivity index (χ2v) is 8.96. The lowest BCUT2D eigenvalue weighted by atomic mass is 10.1. The van der Waals surface area contributed by atoms with Crippen molar-refractivity contribution in [2.24, 2.45) is 0 Å². The van der Waals surface area contributed by atoms with Gasteiger partial charge in [0, 0.05) is 9.99 Å². The van der Waals surface area contributed by atoms with Crippen molar-refractivity contribution in [3.8, 4) is 0 Å². The molecule has 0 saturated heterocycles. The first-order valence-corrected chi connectivity index (χ1v) is 9.11. The summed E-state index contributed by atoms with van der Waals surface area (Å²) < 4.78 is 37.8. The normalized spacial score (nSPS) is 13.1. The predicted molar refractivity (Wildman–Crippen MR) is 102 cm³/mol. The first kappa shape index (κ1) is 22.6. The summed E-state index contributed by atoms with van der Waals surface area (Å²) in [4.78, 5) is 24.5. The largest absolute Gasteiger partial charge is 0.458 e. The number of alkyl carbamates (subject to hydrolysis) is 1. The van der Waals surface area contributed by atoms with Crippen LogP contribution in [0.15, 0.2) is 12.1 Å². The number of nitrogens with one attached hydrogen (secondary N) is 1. The van der Waals surface area contributed by atoms with E-state index >= 15 is 0 Å². The van der Waals surface area contributed by atoms with Crippen molar-refractivity contribution >= 4 is 34.7 Å². The van der Waals surface area contributed by atoms with E-state index in [1.807, 2.05) is 22.6 Å². The van der Waals surface area contributed by atoms with Crippen LogP contribution in [0.3, 0.4) is 0 Å². The van der Waals surface area contributed by atoms with Crippen LogP contribution in [0, 0.1) is 15.2 Å². The van der Waals surface area contributed by atoms with Crippen LogP contribution in [-0.4, -0.2) is 29.3 Å². The Balaban J connectivity index is 3.06. The molecule has 0 aliphatic carbocycles. The topological polar surface area (TPSA) is 64.6 Å². The minimum atomic E-state index is -1.11. The molecule has 1 atom stereocenters. The Morgan fingerprint density at radius 1 is 1.04 bits per heavy atom. The summed E-state index contributed by atoms with van der Waals surface area (Å²) >= 11 is 1.84. The lowest BCUT2D eigenvalue weighted by Crippen LogP contribution is -2.47. The van der Waals surface area contributed by atoms with E-state index in [1.54, 1.807) is 41.5 Å². The summed E-state index contributed by atoms with van der Waals surface area (Å²) in [5.74, 6) is -2.70. The Labute approximate surface area is 166 Å². The van der Waals surface area contributed by atoms with Gasteiger partial charge in [-0.1, -0.05) is 0 Å². The molecule has 1 rings (SSSR count). The molecule has 1 aromatic rings. The van der Waals surface area contributed by atoms with Gasteiger partial charge in [-0.25, -0.2) is 18.4 Å². The van der Waals surface area contributed by atoms with E-state index in [2.05, 4.69) is 5.32 Å². The van der Waals surface area contributed by atoms with Crippen molar-refractivity contribution in [1.82, 2.24) is 5.32 Å². The van der Waals surface area contributed by atoms with Gasteiger partial charge in [-0.2, -0.15) is 0 Å². The maximum Gasteiger partial charge on any atom is 0.408 e. The average molecular weight is 483 g/mol. The molecule has 0 unspecified atom stereocenters. The number of carbonyl (C=O) groups is 2. The molecule has 0 radical (unpaired) electrons. The summed E-state index contributed by atoms with van der Waals surface area (Å²) in [6.45, 7) is 10.1. The number of benzene rings is 1. The Morgan fingerprint density at radius 3 is 2.04 bits per heavy atom. The molecular formula is C18H24F2INO4. The third kappa shape index (κ3) is 7.84. The van der Waals surface area contributed by atoms with E-state index in [0.717, 1.165) is 12.1 Å². The molecule has 0 spiro atoms. The van der Waals surface area contributed by atoms with Crippen LogP contribution in [0.4, 0.5) is 13.6 Å². The SMILES string of the molecule is CC(C)(C)OC(=O)N[C@@H](Cc1cc(F)c(F)cc1I)C(=O)OC(C)(C)C. The minimum absolute atomic E-state index is 0.0658. The van der Waals surface area contributed by atoms with Crippen LogP contribution in [0.25, 0.3) is 0 Å². The van der Waals surface area contributed by atoms with Gasteiger partial charge < -0.3 is 14.8 Å². The number of hydrogen-bond donors (Lipinski definition) is 1. The predicted octanol–water partition coefficient (Wildman–Crippen LogP) is 4.35. The summed E-state index contributed by atoms with van der Waals surface area (Å²) in [5, 5.41) is 2.45. The van der Waals surface area contributed by atoms with Crippen LogP contribution < -0.4 is 5.32 Å². The van der Waals surface area contributed by atoms with Gasteiger partial charge in [0.2, 0.25) is 0 Å². The third-order valence-electron chi connectivity index (χ3n) is 2.90. The average Bonchev–Trinajstić information content (AvgIpc) is 2.39. The Bertz CT molecular complexity index is 681. The highest BCUT2D eigenvalue weighted by atomic mass is 127. The second-order valence-electron chi connectivity index (χ2n) is 7.79. The van der Waals surface area contributed by atoms with E-state index in [-0.39, 0.29) is 6.42 Å². The molecule has 0 fully saturated rings. The zero-order valence-corrected chi connectivity index (χ0v) is 17.9. The molecule has 0 aliphatic heterocycles. The maximum absolute atomic E-state index is 13.6. The molecule has 1 aromatic carbocycles. The number of hydrogen-bond acceptors (Lipinski definition) is 4. The van der Waals surface area contributed by atoms with Crippen LogP contribution in [0.5, 0.6) is 0 Å². The summed E-state index contributed by atoms with van der Waals surface area (Å²) in [6.07, 6.45) is -0.866. The summed E-state index contributed by atoms with van der Waals surface area (Å²) in [6, 6.07) is 0.929. The fourth-order valence-electron chi connectivity index (χ4n) is 1.96. The van der Waals surface area contributed by atoms with Crippen LogP contribution in [0.2, 0.25) is 0 Å². The number of esters is 1. The standard InChI is InChI=1S/C18H24F2INO4/c1-17(2,3)25-15(23)14(22-16(24)26-18(4,5)6)8-10-7-11(19)12(20)9-13(10)21/h7,9,14H,8H2,1-6H3,(H,22,24)/t14-/m0/s1. The lowest BCUT2D eigenvalue weighted by Gasteiger charge is -2.26. The Morgan fingerprint density at radius 2 is 1.54 bits per heavy atom. The molecule has 0 heterocycles. The van der Waals surface area contributed by atoms with Crippen molar-refractivity contribution < 1.29 is 27.8 Å². The van der Waals surface area contributed by atoms with Crippen molar-refractivity contribution in [3.63, 3.8) is 0 Å². The van der Waals surface area contributed by atoms with E-state index < -0.39 is 40.9 Å². The van der Waals surface area contributed by atoms with Gasteiger partial charge in [0.25, 0.3) is 0 Å². The van der Waals surface area contributed by atoms with E-state index in [9.17, 15) is 18.4 Å². The Kier molecular flexibility index (Phi) is 7.38. The fourth-order valence-corrected chi connectivity index (χ4v) is 2.61. The van der Waals surface area contributed by atoms with E-state index in [0.29, 0.717) is 9.13 Å². The van der Waals surface area contributed by atoms with Gasteiger partial charge in [0.1, 0.15) is 17.2 Å². The molecule has 8 heteroatoms. The molecule has 26 heavy (non-hydrogen) atoms. The van der Waals surface area contributed by atoms with Gasteiger partial charge in [-0.3, -0.25) is 0 Å². The number of carbonyl (C=O) groups excluding carboxylic acids is 2. The van der Waals surface area contributed by atoms with Crippen molar-refractivity contribution in [1.29, 1.82) is 0 Å². The van der Waals surface area contributed by atoms with Crippen LogP contribution in [0.1, 0.15) is 47.1 Å². The van der Waals surface area contributed by atoms with Crippen molar-refractivity contribution in [2.75, 3.05) is 0 Å². The zero-order chi connectivity index (χ0) is 20.3. The molecule has 146 valence electrons. The van der Waals surface area contributed by atoms with Crippen LogP contribution in [-0.2, 0) is 20.7 Å². The molecule has 1 N–H and O–H groups in total. The van der Waals surface area contributed by atoms with Crippen molar-refractivity contribution in [3.05, 3.63) is 32.9 Å². The summed E-state index contributed by atoms with van der Waals surface area (Å²) in [7, 11) is 0. The molecule has 0 aliphatic rings. The zero-order valence-electron chi connectivity index (χ0n) is 15.7. The third-order valence-corrected chi connectivity index (χ3v) is 3.90. The minimum Gasteiger partial charge on any atom is -0.458 e. The molecule has 1 amide bonds. The smallest absolute Gasteiger partial charge is 0.408 e. The molecule has 0 saturated carbocycles. The first-order chi connectivity index (χ1) is 11.7. The quantitative estimate of drug-likeness (QED) is 0.393. The maximum atomic E-state index is 13.6. The fraction of sp³-hybridized carbons (Fsp3) is 0.556. The van der Waals surface area contributed by atoms with Crippen LogP contribution >= 0.6 is 22.6 Å². The number of halogens is 3.